The van der Waals surface area contributed by atoms with Crippen LogP contribution in [0.1, 0.15) is 43.5 Å². The van der Waals surface area contributed by atoms with Crippen molar-refractivity contribution in [3.8, 4) is 0 Å². The van der Waals surface area contributed by atoms with Gasteiger partial charge in [0.25, 0.3) is 5.91 Å². The van der Waals surface area contributed by atoms with Crippen LogP contribution < -0.4 is 15.8 Å². The summed E-state index contributed by atoms with van der Waals surface area (Å²) in [5.41, 5.74) is 3.65. The van der Waals surface area contributed by atoms with Gasteiger partial charge in [0.2, 0.25) is 11.8 Å². The van der Waals surface area contributed by atoms with Crippen molar-refractivity contribution in [3.05, 3.63) is 42.0 Å². The number of rotatable bonds is 4. The third kappa shape index (κ3) is 3.43. The van der Waals surface area contributed by atoms with E-state index in [1.165, 1.54) is 5.01 Å². The minimum Gasteiger partial charge on any atom is -0.350 e. The molecule has 0 spiro atoms. The Labute approximate surface area is 147 Å². The number of carbonyl (C=O) groups is 3. The highest BCUT2D eigenvalue weighted by Gasteiger charge is 2.42. The number of hydrogen-bond acceptors (Lipinski definition) is 3. The van der Waals surface area contributed by atoms with Crippen molar-refractivity contribution >= 4 is 23.4 Å². The fourth-order valence-electron chi connectivity index (χ4n) is 3.18. The number of amides is 3. The van der Waals surface area contributed by atoms with Gasteiger partial charge in [0.05, 0.1) is 17.5 Å². The highest BCUT2D eigenvalue weighted by Crippen LogP contribution is 2.32. The minimum absolute atomic E-state index is 0.0715. The van der Waals surface area contributed by atoms with Crippen LogP contribution >= 0.6 is 0 Å². The molecule has 0 unspecified atom stereocenters. The average Bonchev–Trinajstić information content (AvgIpc) is 2.64. The predicted octanol–water partition coefficient (Wildman–Crippen LogP) is 2.18. The summed E-state index contributed by atoms with van der Waals surface area (Å²) >= 11 is 0. The van der Waals surface area contributed by atoms with Crippen molar-refractivity contribution in [2.45, 2.75) is 39.2 Å². The first kappa shape index (κ1) is 17.2. The Bertz CT molecular complexity index is 728. The molecule has 1 aromatic rings. The van der Waals surface area contributed by atoms with E-state index in [4.69, 9.17) is 0 Å². The smallest absolute Gasteiger partial charge is 0.251 e. The predicted molar refractivity (Wildman–Crippen MR) is 94.6 cm³/mol. The third-order valence-electron chi connectivity index (χ3n) is 4.89. The van der Waals surface area contributed by atoms with Gasteiger partial charge in [0, 0.05) is 11.6 Å². The maximum Gasteiger partial charge on any atom is 0.251 e. The van der Waals surface area contributed by atoms with E-state index < -0.39 is 0 Å². The van der Waals surface area contributed by atoms with Crippen LogP contribution in [0.5, 0.6) is 0 Å². The van der Waals surface area contributed by atoms with Crippen LogP contribution in [-0.4, -0.2) is 23.8 Å². The molecule has 3 amide bonds. The van der Waals surface area contributed by atoms with E-state index in [9.17, 15) is 14.4 Å². The standard InChI is InChI=1S/C19H23N3O3/c1-3-12(2)20-17(23)13-7-6-8-14(11-13)22-19(25)16-10-5-4-9-15(16)18(24)21-22/h4-8,11-12,15-16H,3,9-10H2,1-2H3,(H,20,23)(H,21,24)/t12-,15+,16+/m0/s1. The van der Waals surface area contributed by atoms with E-state index in [1.807, 2.05) is 26.0 Å². The van der Waals surface area contributed by atoms with E-state index in [-0.39, 0.29) is 35.6 Å². The molecule has 1 fully saturated rings. The molecule has 0 saturated carbocycles. The third-order valence-corrected chi connectivity index (χ3v) is 4.89. The molecule has 132 valence electrons. The van der Waals surface area contributed by atoms with Gasteiger partial charge in [-0.15, -0.1) is 0 Å². The number of anilines is 1. The molecule has 2 aliphatic rings. The van der Waals surface area contributed by atoms with Gasteiger partial charge in [-0.1, -0.05) is 25.1 Å². The SMILES string of the molecule is CC[C@H](C)NC(=O)c1cccc(N2NC(=O)[C@@H]3CC=CC[C@H]3C2=O)c1. The number of nitrogens with zero attached hydrogens (tertiary/aromatic N) is 1. The summed E-state index contributed by atoms with van der Waals surface area (Å²) in [5.74, 6) is -1.11. The summed E-state index contributed by atoms with van der Waals surface area (Å²) in [4.78, 5) is 37.4. The zero-order valence-electron chi connectivity index (χ0n) is 14.5. The lowest BCUT2D eigenvalue weighted by Crippen LogP contribution is -2.59. The molecule has 3 atom stereocenters. The lowest BCUT2D eigenvalue weighted by Gasteiger charge is -2.38. The van der Waals surface area contributed by atoms with Gasteiger partial charge in [-0.3, -0.25) is 19.8 Å². The highest BCUT2D eigenvalue weighted by atomic mass is 16.2. The number of nitrogens with one attached hydrogen (secondary N) is 2. The van der Waals surface area contributed by atoms with Gasteiger partial charge in [-0.25, -0.2) is 5.01 Å². The topological polar surface area (TPSA) is 78.5 Å². The number of fused-ring (bicyclic) bond motifs is 1. The second-order valence-electron chi connectivity index (χ2n) is 6.64. The van der Waals surface area contributed by atoms with Crippen LogP contribution in [-0.2, 0) is 9.59 Å². The number of allylic oxidation sites excluding steroid dienone is 2. The van der Waals surface area contributed by atoms with Gasteiger partial charge in [0.1, 0.15) is 0 Å². The first-order valence-corrected chi connectivity index (χ1v) is 8.71. The fraction of sp³-hybridized carbons (Fsp3) is 0.421. The molecule has 0 bridgehead atoms. The van der Waals surface area contributed by atoms with Crippen molar-refractivity contribution in [3.63, 3.8) is 0 Å². The van der Waals surface area contributed by atoms with Crippen molar-refractivity contribution < 1.29 is 14.4 Å². The molecular weight excluding hydrogens is 318 g/mol. The van der Waals surface area contributed by atoms with Crippen LogP contribution in [0.25, 0.3) is 0 Å². The molecule has 1 aromatic carbocycles. The molecule has 0 radical (unpaired) electrons. The van der Waals surface area contributed by atoms with Gasteiger partial charge in [-0.05, 0) is 44.4 Å². The first-order chi connectivity index (χ1) is 12.0. The summed E-state index contributed by atoms with van der Waals surface area (Å²) in [6, 6.07) is 6.84. The summed E-state index contributed by atoms with van der Waals surface area (Å²) in [6.45, 7) is 3.94. The molecule has 1 saturated heterocycles. The Balaban J connectivity index is 1.83. The molecule has 1 aliphatic carbocycles. The van der Waals surface area contributed by atoms with Crippen LogP contribution in [0.3, 0.4) is 0 Å². The van der Waals surface area contributed by atoms with Crippen molar-refractivity contribution in [1.82, 2.24) is 10.7 Å². The molecule has 6 heteroatoms. The average molecular weight is 341 g/mol. The normalized spacial score (nSPS) is 23.7. The van der Waals surface area contributed by atoms with E-state index in [1.54, 1.807) is 24.3 Å². The highest BCUT2D eigenvalue weighted by molar-refractivity contribution is 6.05. The molecule has 2 N–H and O–H groups in total. The number of carbonyl (C=O) groups excluding carboxylic acids is 3. The van der Waals surface area contributed by atoms with Gasteiger partial charge in [-0.2, -0.15) is 0 Å². The Hall–Kier alpha value is -2.63. The van der Waals surface area contributed by atoms with Crippen molar-refractivity contribution in [2.75, 3.05) is 5.01 Å². The van der Waals surface area contributed by atoms with Crippen LogP contribution in [0.4, 0.5) is 5.69 Å². The molecule has 6 nitrogen and oxygen atoms in total. The summed E-state index contributed by atoms with van der Waals surface area (Å²) in [7, 11) is 0. The number of hydrogen-bond donors (Lipinski definition) is 2. The summed E-state index contributed by atoms with van der Waals surface area (Å²) in [6.07, 6.45) is 5.90. The van der Waals surface area contributed by atoms with Gasteiger partial charge in [0.15, 0.2) is 0 Å². The van der Waals surface area contributed by atoms with Crippen LogP contribution in [0.15, 0.2) is 36.4 Å². The largest absolute Gasteiger partial charge is 0.350 e. The van der Waals surface area contributed by atoms with E-state index in [2.05, 4.69) is 10.7 Å². The van der Waals surface area contributed by atoms with Gasteiger partial charge >= 0.3 is 0 Å². The van der Waals surface area contributed by atoms with E-state index in [0.717, 1.165) is 6.42 Å². The Morgan fingerprint density at radius 3 is 2.72 bits per heavy atom. The lowest BCUT2D eigenvalue weighted by atomic mass is 9.80. The van der Waals surface area contributed by atoms with Gasteiger partial charge < -0.3 is 5.32 Å². The fourth-order valence-corrected chi connectivity index (χ4v) is 3.18. The zero-order valence-corrected chi connectivity index (χ0v) is 14.5. The first-order valence-electron chi connectivity index (χ1n) is 8.71. The van der Waals surface area contributed by atoms with E-state index in [0.29, 0.717) is 24.1 Å². The Kier molecular flexibility index (Phi) is 4.88. The minimum atomic E-state index is -0.337. The zero-order chi connectivity index (χ0) is 18.0. The van der Waals surface area contributed by atoms with Crippen LogP contribution in [0.2, 0.25) is 0 Å². The molecular formula is C19H23N3O3. The molecule has 25 heavy (non-hydrogen) atoms. The summed E-state index contributed by atoms with van der Waals surface area (Å²) in [5, 5.41) is 4.18. The van der Waals surface area contributed by atoms with Crippen molar-refractivity contribution in [2.24, 2.45) is 11.8 Å². The maximum absolute atomic E-state index is 12.8. The van der Waals surface area contributed by atoms with E-state index >= 15 is 0 Å². The quantitative estimate of drug-likeness (QED) is 0.824. The Morgan fingerprint density at radius 1 is 1.28 bits per heavy atom. The Morgan fingerprint density at radius 2 is 2.00 bits per heavy atom. The monoisotopic (exact) mass is 341 g/mol. The van der Waals surface area contributed by atoms with Crippen LogP contribution in [0, 0.1) is 11.8 Å². The van der Waals surface area contributed by atoms with Crippen molar-refractivity contribution in [1.29, 1.82) is 0 Å². The lowest BCUT2D eigenvalue weighted by molar-refractivity contribution is -0.139. The molecule has 1 aliphatic heterocycles. The second kappa shape index (κ2) is 7.09. The number of benzene rings is 1. The molecule has 1 heterocycles. The molecule has 0 aromatic heterocycles. The summed E-state index contributed by atoms with van der Waals surface area (Å²) < 4.78 is 0. The maximum atomic E-state index is 12.8. The second-order valence-corrected chi connectivity index (χ2v) is 6.64. The number of hydrazine groups is 1. The molecule has 3 rings (SSSR count).